The van der Waals surface area contributed by atoms with Crippen molar-refractivity contribution >= 4 is 0 Å². The Bertz CT molecular complexity index is 778. The Morgan fingerprint density at radius 1 is 0.486 bits per heavy atom. The topological polar surface area (TPSA) is 19.4 Å². The van der Waals surface area contributed by atoms with Gasteiger partial charge in [0, 0.05) is 0 Å². The molecule has 0 bridgehead atoms. The maximum atomic E-state index is 2.61. The van der Waals surface area contributed by atoms with Crippen molar-refractivity contribution in [2.75, 3.05) is 0 Å². The summed E-state index contributed by atoms with van der Waals surface area (Å²) in [4.78, 5) is 15.5. The molecule has 3 rings (SSSR count). The van der Waals surface area contributed by atoms with Crippen LogP contribution in [0.4, 0.5) is 0 Å². The van der Waals surface area contributed by atoms with Gasteiger partial charge >= 0.3 is 0 Å². The number of hydrogen-bond donors (Lipinski definition) is 0. The van der Waals surface area contributed by atoms with Crippen LogP contribution in [0.15, 0.2) is 73.7 Å². The molecule has 0 spiro atoms. The van der Waals surface area contributed by atoms with Crippen LogP contribution in [0.2, 0.25) is 0 Å². The molecule has 0 saturated carbocycles. The fraction of sp³-hybridized carbons (Fsp3) is 0.586. The molecule has 0 aromatic carbocycles. The van der Waals surface area contributed by atoms with Gasteiger partial charge in [-0.15, -0.1) is 0 Å². The van der Waals surface area contributed by atoms with Crippen molar-refractivity contribution in [2.24, 2.45) is 0 Å². The first-order valence-electron chi connectivity index (χ1n) is 13.5. The highest BCUT2D eigenvalue weighted by Gasteiger charge is 2.61. The van der Waals surface area contributed by atoms with Crippen LogP contribution in [-0.2, 0) is 0 Å². The first-order chi connectivity index (χ1) is 17.1. The van der Waals surface area contributed by atoms with Gasteiger partial charge in [0.2, 0.25) is 0 Å². The zero-order valence-corrected chi connectivity index (χ0v) is 23.2. The fourth-order valence-corrected chi connectivity index (χ4v) is 6.13. The molecule has 0 amide bonds. The molecule has 3 heterocycles. The van der Waals surface area contributed by atoms with E-state index < -0.39 is 0 Å². The van der Waals surface area contributed by atoms with E-state index in [-0.39, 0.29) is 30.8 Å². The highest BCUT2D eigenvalue weighted by atomic mass is 15.7. The van der Waals surface area contributed by atoms with E-state index in [1.54, 1.807) is 0 Å². The monoisotopic (exact) mass is 480 g/mol. The summed E-state index contributed by atoms with van der Waals surface area (Å²) in [5.41, 5.74) is 0. The number of allylic oxidation sites excluding steroid dienone is 6. The second-order valence-corrected chi connectivity index (χ2v) is 9.49. The summed E-state index contributed by atoms with van der Waals surface area (Å²) >= 11 is 0. The lowest BCUT2D eigenvalue weighted by molar-refractivity contribution is -0.0929. The predicted molar refractivity (Wildman–Crippen MR) is 148 cm³/mol. The molecule has 3 aliphatic rings. The van der Waals surface area contributed by atoms with Gasteiger partial charge in [-0.2, -0.15) is 0 Å². The first kappa shape index (κ1) is 26.8. The molecule has 0 aromatic heterocycles. The van der Waals surface area contributed by atoms with Gasteiger partial charge in [-0.05, 0) is 98.5 Å². The number of hydrogen-bond acceptors (Lipinski definition) is 6. The summed E-state index contributed by atoms with van der Waals surface area (Å²) in [6.45, 7) is 17.4. The second kappa shape index (κ2) is 12.3. The van der Waals surface area contributed by atoms with Crippen molar-refractivity contribution < 1.29 is 0 Å². The number of nitrogens with zero attached hydrogens (tertiary/aromatic N) is 6. The molecule has 4 atom stereocenters. The van der Waals surface area contributed by atoms with Gasteiger partial charge in [0.15, 0.2) is 0 Å². The smallest absolute Gasteiger partial charge is 0.144 e. The summed E-state index contributed by atoms with van der Waals surface area (Å²) in [6, 6.07) is 0. The Kier molecular flexibility index (Phi) is 9.41. The van der Waals surface area contributed by atoms with Crippen molar-refractivity contribution in [3.63, 3.8) is 0 Å². The van der Waals surface area contributed by atoms with Crippen LogP contribution in [0.5, 0.6) is 0 Å². The number of rotatable bonds is 9. The van der Waals surface area contributed by atoms with E-state index in [0.717, 1.165) is 6.42 Å². The second-order valence-electron chi connectivity index (χ2n) is 9.49. The zero-order valence-electron chi connectivity index (χ0n) is 23.2. The van der Waals surface area contributed by atoms with Gasteiger partial charge < -0.3 is 29.4 Å². The van der Waals surface area contributed by atoms with E-state index >= 15 is 0 Å². The lowest BCUT2D eigenvalue weighted by Crippen LogP contribution is -2.70. The molecule has 0 aliphatic carbocycles. The van der Waals surface area contributed by atoms with E-state index in [9.17, 15) is 0 Å². The van der Waals surface area contributed by atoms with Crippen molar-refractivity contribution in [1.29, 1.82) is 0 Å². The van der Waals surface area contributed by atoms with E-state index in [1.165, 1.54) is 12.8 Å². The summed E-state index contributed by atoms with van der Waals surface area (Å²) in [5, 5.41) is 0. The lowest BCUT2D eigenvalue weighted by Gasteiger charge is -2.54. The molecule has 35 heavy (non-hydrogen) atoms. The lowest BCUT2D eigenvalue weighted by atomic mass is 10.1. The SMILES string of the molecule is CC=CN1C(C)N(C=CC)C2C1N(C=CC)C1C(N(C=CC)C(CCCC)N1C=CC)N2C=CC. The summed E-state index contributed by atoms with van der Waals surface area (Å²) < 4.78 is 0. The van der Waals surface area contributed by atoms with Crippen molar-refractivity contribution in [1.82, 2.24) is 29.4 Å². The molecule has 194 valence electrons. The van der Waals surface area contributed by atoms with Crippen LogP contribution < -0.4 is 0 Å². The van der Waals surface area contributed by atoms with Crippen molar-refractivity contribution in [3.8, 4) is 0 Å². The molecule has 0 radical (unpaired) electrons. The standard InChI is InChI=1S/C29H48N6/c1-9-16-17-25-32(20-12-4)28-29(33(25)21-13-5)35(23-15-7)27-26(34(28)22-14-6)30(18-10-2)24(8)31(27)19-11-3/h10-15,18-29H,9,16-17H2,1-8H3. The van der Waals surface area contributed by atoms with Crippen LogP contribution in [-0.4, -0.2) is 66.4 Å². The minimum Gasteiger partial charge on any atom is -0.334 e. The minimum atomic E-state index is 0.163. The number of piperazine rings is 1. The third-order valence-corrected chi connectivity index (χ3v) is 7.27. The Morgan fingerprint density at radius 3 is 1.14 bits per heavy atom. The Hall–Kier alpha value is -2.76. The highest BCUT2D eigenvalue weighted by Crippen LogP contribution is 2.46. The Balaban J connectivity index is 2.28. The number of fused-ring (bicyclic) bond motifs is 2. The number of unbranched alkanes of at least 4 members (excludes halogenated alkanes) is 1. The summed E-state index contributed by atoms with van der Waals surface area (Å²) in [6.07, 6.45) is 31.7. The van der Waals surface area contributed by atoms with Gasteiger partial charge in [-0.1, -0.05) is 49.8 Å². The Labute approximate surface area is 214 Å². The third-order valence-electron chi connectivity index (χ3n) is 7.27. The van der Waals surface area contributed by atoms with E-state index in [1.807, 2.05) is 0 Å². The molecule has 6 heteroatoms. The van der Waals surface area contributed by atoms with Crippen LogP contribution in [0.3, 0.4) is 0 Å². The zero-order chi connectivity index (χ0) is 25.5. The maximum Gasteiger partial charge on any atom is 0.144 e. The molecule has 0 N–H and O–H groups in total. The minimum absolute atomic E-state index is 0.163. The fourth-order valence-electron chi connectivity index (χ4n) is 6.13. The first-order valence-corrected chi connectivity index (χ1v) is 13.5. The van der Waals surface area contributed by atoms with E-state index in [2.05, 4.69) is 158 Å². The largest absolute Gasteiger partial charge is 0.334 e. The quantitative estimate of drug-likeness (QED) is 0.388. The van der Waals surface area contributed by atoms with Crippen LogP contribution >= 0.6 is 0 Å². The average molecular weight is 481 g/mol. The van der Waals surface area contributed by atoms with Gasteiger partial charge in [-0.3, -0.25) is 0 Å². The molecule has 6 nitrogen and oxygen atoms in total. The molecule has 3 saturated heterocycles. The highest BCUT2D eigenvalue weighted by molar-refractivity contribution is 5.19. The average Bonchev–Trinajstić information content (AvgIpc) is 3.28. The van der Waals surface area contributed by atoms with Crippen LogP contribution in [0.25, 0.3) is 0 Å². The summed E-state index contributed by atoms with van der Waals surface area (Å²) in [5.74, 6) is 0. The molecule has 3 aliphatic heterocycles. The molecular formula is C29H48N6. The normalized spacial score (nSPS) is 31.9. The van der Waals surface area contributed by atoms with Crippen molar-refractivity contribution in [2.45, 2.75) is 112 Å². The van der Waals surface area contributed by atoms with Gasteiger partial charge in [0.25, 0.3) is 0 Å². The van der Waals surface area contributed by atoms with Crippen LogP contribution in [0.1, 0.15) is 74.7 Å². The summed E-state index contributed by atoms with van der Waals surface area (Å²) in [7, 11) is 0. The van der Waals surface area contributed by atoms with Gasteiger partial charge in [-0.25, -0.2) is 0 Å². The van der Waals surface area contributed by atoms with E-state index in [4.69, 9.17) is 0 Å². The van der Waals surface area contributed by atoms with Crippen LogP contribution in [0, 0.1) is 0 Å². The maximum absolute atomic E-state index is 2.61. The molecule has 0 aromatic rings. The predicted octanol–water partition coefficient (Wildman–Crippen LogP) is 6.21. The Morgan fingerprint density at radius 2 is 0.800 bits per heavy atom. The van der Waals surface area contributed by atoms with E-state index in [0.29, 0.717) is 6.17 Å². The van der Waals surface area contributed by atoms with Gasteiger partial charge in [0.1, 0.15) is 37.0 Å². The van der Waals surface area contributed by atoms with Crippen molar-refractivity contribution in [3.05, 3.63) is 73.7 Å². The third kappa shape index (κ3) is 4.72. The molecule has 4 unspecified atom stereocenters. The molecule has 3 fully saturated rings. The van der Waals surface area contributed by atoms with Gasteiger partial charge in [0.05, 0.1) is 0 Å². The molecular weight excluding hydrogens is 432 g/mol.